The van der Waals surface area contributed by atoms with Crippen LogP contribution in [0.2, 0.25) is 0 Å². The fourth-order valence-electron chi connectivity index (χ4n) is 3.51. The van der Waals surface area contributed by atoms with E-state index >= 15 is 0 Å². The summed E-state index contributed by atoms with van der Waals surface area (Å²) in [5, 5.41) is 7.47. The van der Waals surface area contributed by atoms with Crippen LogP contribution in [0.1, 0.15) is 22.4 Å². The SMILES string of the molecule is Brc1ccc(C(c2ccccc2)(c2ccccc2)c2ccn[nH]2)cc1. The molecule has 0 saturated heterocycles. The van der Waals surface area contributed by atoms with E-state index < -0.39 is 5.41 Å². The molecule has 0 saturated carbocycles. The van der Waals surface area contributed by atoms with E-state index in [0.717, 1.165) is 10.2 Å². The van der Waals surface area contributed by atoms with E-state index in [2.05, 4.69) is 105 Å². The highest BCUT2D eigenvalue weighted by Gasteiger charge is 2.39. The Hall–Kier alpha value is -2.65. The average Bonchev–Trinajstić information content (AvgIpc) is 3.21. The first-order valence-electron chi connectivity index (χ1n) is 8.19. The highest BCUT2D eigenvalue weighted by molar-refractivity contribution is 9.10. The van der Waals surface area contributed by atoms with Crippen LogP contribution in [0.15, 0.2) is 102 Å². The van der Waals surface area contributed by atoms with E-state index in [1.165, 1.54) is 16.7 Å². The zero-order valence-electron chi connectivity index (χ0n) is 13.6. The molecule has 122 valence electrons. The Bertz CT molecular complexity index is 891. The number of nitrogens with zero attached hydrogens (tertiary/aromatic N) is 1. The van der Waals surface area contributed by atoms with Gasteiger partial charge in [0.05, 0.1) is 11.1 Å². The van der Waals surface area contributed by atoms with Gasteiger partial charge < -0.3 is 0 Å². The predicted octanol–water partition coefficient (Wildman–Crippen LogP) is 5.55. The second-order valence-electron chi connectivity index (χ2n) is 5.96. The molecule has 1 aromatic heterocycles. The topological polar surface area (TPSA) is 28.7 Å². The summed E-state index contributed by atoms with van der Waals surface area (Å²) >= 11 is 3.55. The monoisotopic (exact) mass is 388 g/mol. The highest BCUT2D eigenvalue weighted by atomic mass is 79.9. The molecule has 0 amide bonds. The van der Waals surface area contributed by atoms with Gasteiger partial charge in [0.2, 0.25) is 0 Å². The number of aromatic amines is 1. The Morgan fingerprint density at radius 2 is 1.16 bits per heavy atom. The van der Waals surface area contributed by atoms with Crippen molar-refractivity contribution in [1.82, 2.24) is 10.2 Å². The molecule has 0 atom stereocenters. The van der Waals surface area contributed by atoms with Gasteiger partial charge in [-0.05, 0) is 34.9 Å². The number of H-pyrrole nitrogens is 1. The van der Waals surface area contributed by atoms with Crippen LogP contribution in [-0.2, 0) is 5.41 Å². The van der Waals surface area contributed by atoms with E-state index in [1.807, 2.05) is 18.3 Å². The fourth-order valence-corrected chi connectivity index (χ4v) is 3.77. The van der Waals surface area contributed by atoms with Gasteiger partial charge in [-0.1, -0.05) is 88.7 Å². The molecule has 0 fully saturated rings. The van der Waals surface area contributed by atoms with Crippen molar-refractivity contribution in [2.24, 2.45) is 0 Å². The van der Waals surface area contributed by atoms with E-state index in [9.17, 15) is 0 Å². The molecule has 1 heterocycles. The lowest BCUT2D eigenvalue weighted by Crippen LogP contribution is -2.31. The summed E-state index contributed by atoms with van der Waals surface area (Å²) in [7, 11) is 0. The normalized spacial score (nSPS) is 11.4. The van der Waals surface area contributed by atoms with Crippen molar-refractivity contribution in [3.8, 4) is 0 Å². The molecule has 0 bridgehead atoms. The molecule has 3 heteroatoms. The Balaban J connectivity index is 2.11. The summed E-state index contributed by atoms with van der Waals surface area (Å²) in [5.41, 5.74) is 4.20. The number of nitrogens with one attached hydrogen (secondary N) is 1. The van der Waals surface area contributed by atoms with Gasteiger partial charge in [0.1, 0.15) is 0 Å². The number of hydrogen-bond acceptors (Lipinski definition) is 1. The minimum atomic E-state index is -0.445. The smallest absolute Gasteiger partial charge is 0.0868 e. The van der Waals surface area contributed by atoms with Crippen molar-refractivity contribution in [3.63, 3.8) is 0 Å². The molecule has 4 rings (SSSR count). The summed E-state index contributed by atoms with van der Waals surface area (Å²) in [4.78, 5) is 0. The summed E-state index contributed by atoms with van der Waals surface area (Å²) in [6, 6.07) is 31.7. The highest BCUT2D eigenvalue weighted by Crippen LogP contribution is 2.44. The van der Waals surface area contributed by atoms with E-state index in [1.54, 1.807) is 0 Å². The van der Waals surface area contributed by atoms with Crippen LogP contribution in [0.5, 0.6) is 0 Å². The largest absolute Gasteiger partial charge is 0.281 e. The van der Waals surface area contributed by atoms with Crippen molar-refractivity contribution in [3.05, 3.63) is 124 Å². The van der Waals surface area contributed by atoms with Gasteiger partial charge in [0.25, 0.3) is 0 Å². The summed E-state index contributed by atoms with van der Waals surface area (Å²) < 4.78 is 1.07. The minimum Gasteiger partial charge on any atom is -0.281 e. The summed E-state index contributed by atoms with van der Waals surface area (Å²) in [5.74, 6) is 0. The first-order valence-corrected chi connectivity index (χ1v) is 8.98. The minimum absolute atomic E-state index is 0.445. The lowest BCUT2D eigenvalue weighted by atomic mass is 9.67. The van der Waals surface area contributed by atoms with Crippen LogP contribution >= 0.6 is 15.9 Å². The third-order valence-corrected chi connectivity index (χ3v) is 5.12. The molecule has 0 spiro atoms. The molecule has 0 unspecified atom stereocenters. The standard InChI is InChI=1S/C22H17BrN2/c23-20-13-11-19(12-14-20)22(21-15-16-24-25-21,17-7-3-1-4-8-17)18-9-5-2-6-10-18/h1-16H,(H,24,25). The van der Waals surface area contributed by atoms with Gasteiger partial charge in [-0.2, -0.15) is 5.10 Å². The lowest BCUT2D eigenvalue weighted by Gasteiger charge is -2.35. The second-order valence-corrected chi connectivity index (χ2v) is 6.87. The molecule has 0 radical (unpaired) electrons. The zero-order valence-corrected chi connectivity index (χ0v) is 15.1. The fraction of sp³-hybridized carbons (Fsp3) is 0.0455. The predicted molar refractivity (Wildman–Crippen MR) is 105 cm³/mol. The van der Waals surface area contributed by atoms with Crippen molar-refractivity contribution >= 4 is 15.9 Å². The van der Waals surface area contributed by atoms with Gasteiger partial charge in [-0.15, -0.1) is 0 Å². The number of benzene rings is 3. The van der Waals surface area contributed by atoms with Gasteiger partial charge in [-0.3, -0.25) is 5.10 Å². The van der Waals surface area contributed by atoms with Gasteiger partial charge in [-0.25, -0.2) is 0 Å². The Labute approximate surface area is 155 Å². The van der Waals surface area contributed by atoms with Crippen molar-refractivity contribution in [2.75, 3.05) is 0 Å². The molecule has 4 aromatic rings. The van der Waals surface area contributed by atoms with Crippen LogP contribution in [-0.4, -0.2) is 10.2 Å². The van der Waals surface area contributed by atoms with Crippen LogP contribution in [0.3, 0.4) is 0 Å². The maximum atomic E-state index is 4.25. The summed E-state index contributed by atoms with van der Waals surface area (Å²) in [6.07, 6.45) is 1.81. The quantitative estimate of drug-likeness (QED) is 0.455. The number of halogens is 1. The second kappa shape index (κ2) is 6.69. The molecule has 25 heavy (non-hydrogen) atoms. The van der Waals surface area contributed by atoms with Gasteiger partial charge in [0, 0.05) is 10.7 Å². The van der Waals surface area contributed by atoms with Crippen LogP contribution in [0.25, 0.3) is 0 Å². The first-order chi connectivity index (χ1) is 12.3. The Morgan fingerprint density at radius 1 is 0.640 bits per heavy atom. The molecular weight excluding hydrogens is 372 g/mol. The van der Waals surface area contributed by atoms with Crippen LogP contribution in [0, 0.1) is 0 Å². The number of rotatable bonds is 4. The average molecular weight is 389 g/mol. The third kappa shape index (κ3) is 2.71. The molecule has 3 aromatic carbocycles. The maximum absolute atomic E-state index is 4.25. The number of hydrogen-bond donors (Lipinski definition) is 1. The van der Waals surface area contributed by atoms with Gasteiger partial charge >= 0.3 is 0 Å². The zero-order chi connectivity index (χ0) is 17.1. The Kier molecular flexibility index (Phi) is 4.24. The molecule has 0 aliphatic rings. The first kappa shape index (κ1) is 15.9. The third-order valence-electron chi connectivity index (χ3n) is 4.60. The molecule has 2 nitrogen and oxygen atoms in total. The van der Waals surface area contributed by atoms with Crippen LogP contribution < -0.4 is 0 Å². The number of aromatic nitrogens is 2. The molecule has 0 aliphatic carbocycles. The Morgan fingerprint density at radius 3 is 1.64 bits per heavy atom. The van der Waals surface area contributed by atoms with Crippen molar-refractivity contribution < 1.29 is 0 Å². The lowest BCUT2D eigenvalue weighted by molar-refractivity contribution is 0.708. The van der Waals surface area contributed by atoms with Crippen molar-refractivity contribution in [2.45, 2.75) is 5.41 Å². The maximum Gasteiger partial charge on any atom is 0.0868 e. The van der Waals surface area contributed by atoms with E-state index in [4.69, 9.17) is 0 Å². The molecule has 1 N–H and O–H groups in total. The van der Waals surface area contributed by atoms with Gasteiger partial charge in [0.15, 0.2) is 0 Å². The van der Waals surface area contributed by atoms with Crippen molar-refractivity contribution in [1.29, 1.82) is 0 Å². The molecule has 0 aliphatic heterocycles. The van der Waals surface area contributed by atoms with Crippen LogP contribution in [0.4, 0.5) is 0 Å². The summed E-state index contributed by atoms with van der Waals surface area (Å²) in [6.45, 7) is 0. The molecular formula is C22H17BrN2. The van der Waals surface area contributed by atoms with E-state index in [-0.39, 0.29) is 0 Å². The van der Waals surface area contributed by atoms with E-state index in [0.29, 0.717) is 0 Å².